The Balaban J connectivity index is 4.15. The summed E-state index contributed by atoms with van der Waals surface area (Å²) in [5.74, 6) is -0.865. The van der Waals surface area contributed by atoms with Crippen LogP contribution in [0.15, 0.2) is 60.8 Å². The van der Waals surface area contributed by atoms with Crippen LogP contribution in [-0.4, -0.2) is 37.2 Å². The molecule has 0 bridgehead atoms. The molecular formula is C76H138O6. The van der Waals surface area contributed by atoms with Gasteiger partial charge in [-0.3, -0.25) is 14.4 Å². The third-order valence-corrected chi connectivity index (χ3v) is 16.2. The fourth-order valence-corrected chi connectivity index (χ4v) is 10.7. The summed E-state index contributed by atoms with van der Waals surface area (Å²) in [4.78, 5) is 38.4. The lowest BCUT2D eigenvalue weighted by Gasteiger charge is -2.18. The van der Waals surface area contributed by atoms with Gasteiger partial charge in [0, 0.05) is 19.3 Å². The Morgan fingerprint density at radius 3 is 0.744 bits per heavy atom. The van der Waals surface area contributed by atoms with E-state index in [0.717, 1.165) is 83.5 Å². The minimum absolute atomic E-state index is 0.0746. The van der Waals surface area contributed by atoms with Gasteiger partial charge in [-0.2, -0.15) is 0 Å². The standard InChI is InChI=1S/C76H138O6/c1-4-7-10-13-16-19-22-24-26-28-30-32-34-36-38-40-42-44-46-48-50-52-54-57-60-63-66-69-75(78)81-72-73(71-80-74(77)68-65-62-59-56-21-18-15-12-9-6-3)82-76(79)70-67-64-61-58-55-53-51-49-47-45-43-41-39-37-35-33-31-29-27-25-23-20-17-14-11-8-5-2/h12,15,22,24,28-31,34,36,73H,4-11,13-14,16-21,23,25-27,32-33,35,37-72H2,1-3H3/b15-12-,24-22-,30-28-,31-29-,36-34-. The Morgan fingerprint density at radius 2 is 0.463 bits per heavy atom. The number of ether oxygens (including phenoxy) is 3. The molecule has 478 valence electrons. The van der Waals surface area contributed by atoms with Crippen molar-refractivity contribution < 1.29 is 28.6 Å². The normalized spacial score (nSPS) is 12.4. The molecule has 0 N–H and O–H groups in total. The second-order valence-corrected chi connectivity index (χ2v) is 24.5. The van der Waals surface area contributed by atoms with Crippen molar-refractivity contribution in [2.24, 2.45) is 0 Å². The van der Waals surface area contributed by atoms with Crippen molar-refractivity contribution in [2.45, 2.75) is 393 Å². The molecule has 6 heteroatoms. The van der Waals surface area contributed by atoms with Crippen molar-refractivity contribution in [3.63, 3.8) is 0 Å². The number of esters is 3. The van der Waals surface area contributed by atoms with Crippen LogP contribution in [0.2, 0.25) is 0 Å². The molecule has 0 rings (SSSR count). The molecule has 0 heterocycles. The summed E-state index contributed by atoms with van der Waals surface area (Å²) in [5, 5.41) is 0. The summed E-state index contributed by atoms with van der Waals surface area (Å²) in [6.45, 7) is 6.61. The predicted molar refractivity (Wildman–Crippen MR) is 358 cm³/mol. The average Bonchev–Trinajstić information content (AvgIpc) is 3.47. The van der Waals surface area contributed by atoms with E-state index in [2.05, 4.69) is 81.5 Å². The van der Waals surface area contributed by atoms with E-state index in [4.69, 9.17) is 14.2 Å². The summed E-state index contributed by atoms with van der Waals surface area (Å²) < 4.78 is 17.0. The van der Waals surface area contributed by atoms with E-state index < -0.39 is 6.10 Å². The van der Waals surface area contributed by atoms with Gasteiger partial charge in [0.05, 0.1) is 0 Å². The van der Waals surface area contributed by atoms with E-state index >= 15 is 0 Å². The fourth-order valence-electron chi connectivity index (χ4n) is 10.7. The van der Waals surface area contributed by atoms with Crippen molar-refractivity contribution in [1.82, 2.24) is 0 Å². The van der Waals surface area contributed by atoms with Gasteiger partial charge in [-0.05, 0) is 103 Å². The maximum Gasteiger partial charge on any atom is 0.306 e. The van der Waals surface area contributed by atoms with Crippen LogP contribution in [-0.2, 0) is 28.6 Å². The van der Waals surface area contributed by atoms with E-state index in [0.29, 0.717) is 19.3 Å². The molecular weight excluding hydrogens is 1010 g/mol. The monoisotopic (exact) mass is 1150 g/mol. The van der Waals surface area contributed by atoms with Gasteiger partial charge in [-0.15, -0.1) is 0 Å². The summed E-state index contributed by atoms with van der Waals surface area (Å²) in [6.07, 6.45) is 91.3. The third-order valence-electron chi connectivity index (χ3n) is 16.2. The summed E-state index contributed by atoms with van der Waals surface area (Å²) in [7, 11) is 0. The second kappa shape index (κ2) is 70.6. The Labute approximate surface area is 510 Å². The van der Waals surface area contributed by atoms with Crippen LogP contribution in [0, 0.1) is 0 Å². The van der Waals surface area contributed by atoms with E-state index in [9.17, 15) is 14.4 Å². The molecule has 0 aromatic carbocycles. The molecule has 0 aromatic rings. The van der Waals surface area contributed by atoms with Crippen LogP contribution in [0.4, 0.5) is 0 Å². The SMILES string of the molecule is CCC/C=C\CCCCCCCC(=O)OCC(COC(=O)CCCCCCCCCCCCCC/C=C\C/C=C\C/C=C\CCCCCCC)OC(=O)CCCCCCCCCCCCCCCCC/C=C\CCCCCCCCCC. The lowest BCUT2D eigenvalue weighted by atomic mass is 10.0. The summed E-state index contributed by atoms with van der Waals surface area (Å²) in [5.41, 5.74) is 0. The number of carbonyl (C=O) groups is 3. The van der Waals surface area contributed by atoms with Gasteiger partial charge in [-0.1, -0.05) is 326 Å². The molecule has 0 aliphatic rings. The zero-order valence-electron chi connectivity index (χ0n) is 55.0. The molecule has 0 amide bonds. The molecule has 0 fully saturated rings. The van der Waals surface area contributed by atoms with Crippen molar-refractivity contribution in [1.29, 1.82) is 0 Å². The zero-order valence-corrected chi connectivity index (χ0v) is 55.0. The first-order valence-corrected chi connectivity index (χ1v) is 36.3. The van der Waals surface area contributed by atoms with Gasteiger partial charge in [0.15, 0.2) is 6.10 Å². The highest BCUT2D eigenvalue weighted by molar-refractivity contribution is 5.71. The van der Waals surface area contributed by atoms with Crippen LogP contribution in [0.5, 0.6) is 0 Å². The Morgan fingerprint density at radius 1 is 0.244 bits per heavy atom. The van der Waals surface area contributed by atoms with Crippen molar-refractivity contribution in [3.05, 3.63) is 60.8 Å². The lowest BCUT2D eigenvalue weighted by Crippen LogP contribution is -2.30. The van der Waals surface area contributed by atoms with Gasteiger partial charge in [-0.25, -0.2) is 0 Å². The zero-order chi connectivity index (χ0) is 59.2. The highest BCUT2D eigenvalue weighted by Crippen LogP contribution is 2.18. The second-order valence-electron chi connectivity index (χ2n) is 24.5. The Hall–Kier alpha value is -2.89. The summed E-state index contributed by atoms with van der Waals surface area (Å²) in [6, 6.07) is 0. The minimum Gasteiger partial charge on any atom is -0.462 e. The topological polar surface area (TPSA) is 78.9 Å². The van der Waals surface area contributed by atoms with E-state index in [-0.39, 0.29) is 31.1 Å². The fraction of sp³-hybridized carbons (Fsp3) is 0.829. The van der Waals surface area contributed by atoms with Gasteiger partial charge in [0.2, 0.25) is 0 Å². The van der Waals surface area contributed by atoms with Crippen molar-refractivity contribution in [2.75, 3.05) is 13.2 Å². The van der Waals surface area contributed by atoms with Crippen LogP contribution in [0.1, 0.15) is 387 Å². The van der Waals surface area contributed by atoms with E-state index in [1.165, 1.54) is 263 Å². The quantitative estimate of drug-likeness (QED) is 0.0261. The molecule has 1 unspecified atom stereocenters. The molecule has 0 spiro atoms. The molecule has 1 atom stereocenters. The molecule has 0 radical (unpaired) electrons. The first kappa shape index (κ1) is 79.1. The number of hydrogen-bond acceptors (Lipinski definition) is 6. The van der Waals surface area contributed by atoms with Crippen LogP contribution in [0.3, 0.4) is 0 Å². The van der Waals surface area contributed by atoms with Crippen LogP contribution < -0.4 is 0 Å². The number of rotatable bonds is 67. The van der Waals surface area contributed by atoms with E-state index in [1.807, 2.05) is 0 Å². The van der Waals surface area contributed by atoms with Crippen molar-refractivity contribution >= 4 is 17.9 Å². The van der Waals surface area contributed by atoms with Gasteiger partial charge < -0.3 is 14.2 Å². The summed E-state index contributed by atoms with van der Waals surface area (Å²) >= 11 is 0. The molecule has 0 saturated heterocycles. The molecule has 0 aliphatic carbocycles. The number of carbonyl (C=O) groups excluding carboxylic acids is 3. The number of hydrogen-bond donors (Lipinski definition) is 0. The van der Waals surface area contributed by atoms with Gasteiger partial charge in [0.1, 0.15) is 13.2 Å². The molecule has 0 aromatic heterocycles. The number of unbranched alkanes of at least 4 members (excludes halogenated alkanes) is 46. The maximum absolute atomic E-state index is 12.9. The van der Waals surface area contributed by atoms with Gasteiger partial charge >= 0.3 is 17.9 Å². The largest absolute Gasteiger partial charge is 0.462 e. The van der Waals surface area contributed by atoms with E-state index in [1.54, 1.807) is 0 Å². The number of allylic oxidation sites excluding steroid dienone is 10. The Kier molecular flexibility index (Phi) is 68.1. The predicted octanol–water partition coefficient (Wildman–Crippen LogP) is 25.1. The highest BCUT2D eigenvalue weighted by atomic mass is 16.6. The van der Waals surface area contributed by atoms with Gasteiger partial charge in [0.25, 0.3) is 0 Å². The third kappa shape index (κ3) is 67.9. The molecule has 0 saturated carbocycles. The van der Waals surface area contributed by atoms with Crippen LogP contribution >= 0.6 is 0 Å². The van der Waals surface area contributed by atoms with Crippen LogP contribution in [0.25, 0.3) is 0 Å². The average molecular weight is 1150 g/mol. The maximum atomic E-state index is 12.9. The Bertz CT molecular complexity index is 1460. The smallest absolute Gasteiger partial charge is 0.306 e. The van der Waals surface area contributed by atoms with Crippen molar-refractivity contribution in [3.8, 4) is 0 Å². The molecule has 6 nitrogen and oxygen atoms in total. The highest BCUT2D eigenvalue weighted by Gasteiger charge is 2.19. The first-order valence-electron chi connectivity index (χ1n) is 36.3. The minimum atomic E-state index is -0.778. The lowest BCUT2D eigenvalue weighted by molar-refractivity contribution is -0.167. The first-order chi connectivity index (χ1) is 40.5. The molecule has 82 heavy (non-hydrogen) atoms. The molecule has 0 aliphatic heterocycles.